The van der Waals surface area contributed by atoms with Crippen molar-refractivity contribution in [3.8, 4) is 11.5 Å². The number of nitrogens with one attached hydrogen (secondary N) is 1. The molecule has 1 heterocycles. The number of nitrogens with zero attached hydrogens (tertiary/aromatic N) is 1. The van der Waals surface area contributed by atoms with Crippen LogP contribution in [0.25, 0.3) is 0 Å². The fraction of sp³-hybridized carbons (Fsp3) is 0.263. The van der Waals surface area contributed by atoms with Crippen LogP contribution in [0, 0.1) is 0 Å². The quantitative estimate of drug-likeness (QED) is 0.850. The fourth-order valence-electron chi connectivity index (χ4n) is 2.95. The molecule has 1 fully saturated rings. The summed E-state index contributed by atoms with van der Waals surface area (Å²) in [5, 5.41) is 2.80. The van der Waals surface area contributed by atoms with Crippen LogP contribution in [0.4, 0.5) is 4.79 Å². The van der Waals surface area contributed by atoms with Gasteiger partial charge in [-0.1, -0.05) is 36.4 Å². The lowest BCUT2D eigenvalue weighted by atomic mass is 9.91. The van der Waals surface area contributed by atoms with Crippen molar-refractivity contribution in [2.75, 3.05) is 14.2 Å². The van der Waals surface area contributed by atoms with Gasteiger partial charge in [-0.05, 0) is 30.2 Å². The molecule has 3 amide bonds. The van der Waals surface area contributed by atoms with Crippen molar-refractivity contribution in [1.29, 1.82) is 0 Å². The van der Waals surface area contributed by atoms with E-state index >= 15 is 0 Å². The highest BCUT2D eigenvalue weighted by molar-refractivity contribution is 6.07. The fourth-order valence-corrected chi connectivity index (χ4v) is 2.95. The highest BCUT2D eigenvalue weighted by Gasteiger charge is 2.49. The molecule has 1 N–H and O–H groups in total. The second-order valence-corrected chi connectivity index (χ2v) is 6.00. The number of rotatable bonds is 5. The maximum Gasteiger partial charge on any atom is 0.325 e. The van der Waals surface area contributed by atoms with Gasteiger partial charge < -0.3 is 14.8 Å². The summed E-state index contributed by atoms with van der Waals surface area (Å²) in [4.78, 5) is 26.6. The van der Waals surface area contributed by atoms with Crippen LogP contribution >= 0.6 is 0 Å². The first kappa shape index (κ1) is 16.8. The number of urea groups is 1. The number of hydrogen-bond donors (Lipinski definition) is 1. The zero-order chi connectivity index (χ0) is 18.0. The molecule has 1 saturated heterocycles. The van der Waals surface area contributed by atoms with Crippen molar-refractivity contribution >= 4 is 11.9 Å². The molecule has 25 heavy (non-hydrogen) atoms. The first-order valence-electron chi connectivity index (χ1n) is 7.90. The lowest BCUT2D eigenvalue weighted by Gasteiger charge is -2.23. The van der Waals surface area contributed by atoms with E-state index in [1.54, 1.807) is 32.2 Å². The molecule has 1 atom stereocenters. The molecule has 0 aliphatic carbocycles. The number of imide groups is 1. The number of carbonyl (C=O) groups excluding carboxylic acids is 2. The molecule has 6 nitrogen and oxygen atoms in total. The van der Waals surface area contributed by atoms with Crippen LogP contribution in [0.5, 0.6) is 11.5 Å². The van der Waals surface area contributed by atoms with Gasteiger partial charge in [0.1, 0.15) is 5.54 Å². The number of methoxy groups -OCH3 is 2. The van der Waals surface area contributed by atoms with Crippen LogP contribution in [0.15, 0.2) is 48.5 Å². The van der Waals surface area contributed by atoms with Crippen molar-refractivity contribution < 1.29 is 19.1 Å². The molecule has 1 aliphatic heterocycles. The second kappa shape index (κ2) is 6.47. The van der Waals surface area contributed by atoms with E-state index in [9.17, 15) is 9.59 Å². The van der Waals surface area contributed by atoms with E-state index in [1.165, 1.54) is 12.0 Å². The number of ether oxygens (including phenoxy) is 2. The Morgan fingerprint density at radius 2 is 1.68 bits per heavy atom. The predicted molar refractivity (Wildman–Crippen MR) is 92.4 cm³/mol. The Kier molecular flexibility index (Phi) is 4.35. The monoisotopic (exact) mass is 340 g/mol. The Balaban J connectivity index is 1.92. The molecular weight excluding hydrogens is 320 g/mol. The summed E-state index contributed by atoms with van der Waals surface area (Å²) in [5.41, 5.74) is 0.382. The average molecular weight is 340 g/mol. The van der Waals surface area contributed by atoms with Gasteiger partial charge in [0.05, 0.1) is 20.8 Å². The summed E-state index contributed by atoms with van der Waals surface area (Å²) in [6.07, 6.45) is 0. The van der Waals surface area contributed by atoms with E-state index in [0.717, 1.165) is 5.56 Å². The molecule has 0 spiro atoms. The van der Waals surface area contributed by atoms with Crippen LogP contribution in [-0.4, -0.2) is 31.1 Å². The van der Waals surface area contributed by atoms with Crippen molar-refractivity contribution in [2.24, 2.45) is 0 Å². The Morgan fingerprint density at radius 3 is 2.32 bits per heavy atom. The molecule has 1 aliphatic rings. The SMILES string of the molecule is COc1ccc(C2(C)NC(=O)N(Cc3ccccc3)C2=O)cc1OC. The third-order valence-corrected chi connectivity index (χ3v) is 4.42. The number of carbonyl (C=O) groups is 2. The smallest absolute Gasteiger partial charge is 0.325 e. The van der Waals surface area contributed by atoms with Crippen molar-refractivity contribution in [3.05, 3.63) is 59.7 Å². The second-order valence-electron chi connectivity index (χ2n) is 6.00. The molecule has 2 aromatic rings. The topological polar surface area (TPSA) is 67.9 Å². The number of hydrogen-bond acceptors (Lipinski definition) is 4. The van der Waals surface area contributed by atoms with Gasteiger partial charge >= 0.3 is 6.03 Å². The lowest BCUT2D eigenvalue weighted by Crippen LogP contribution is -2.40. The van der Waals surface area contributed by atoms with Gasteiger partial charge in [0.2, 0.25) is 0 Å². The molecule has 0 saturated carbocycles. The summed E-state index contributed by atoms with van der Waals surface area (Å²) < 4.78 is 10.5. The van der Waals surface area contributed by atoms with E-state index in [2.05, 4.69) is 5.32 Å². The van der Waals surface area contributed by atoms with Crippen LogP contribution < -0.4 is 14.8 Å². The summed E-state index contributed by atoms with van der Waals surface area (Å²) in [6.45, 7) is 1.92. The van der Waals surface area contributed by atoms with Crippen molar-refractivity contribution in [2.45, 2.75) is 19.0 Å². The molecule has 0 radical (unpaired) electrons. The average Bonchev–Trinajstić information content (AvgIpc) is 2.86. The Bertz CT molecular complexity index is 806. The first-order valence-corrected chi connectivity index (χ1v) is 7.90. The maximum absolute atomic E-state index is 13.0. The largest absolute Gasteiger partial charge is 0.493 e. The van der Waals surface area contributed by atoms with Gasteiger partial charge in [-0.3, -0.25) is 9.69 Å². The lowest BCUT2D eigenvalue weighted by molar-refractivity contribution is -0.131. The van der Waals surface area contributed by atoms with Crippen LogP contribution in [-0.2, 0) is 16.9 Å². The van der Waals surface area contributed by atoms with E-state index in [0.29, 0.717) is 17.1 Å². The van der Waals surface area contributed by atoms with Gasteiger partial charge in [-0.15, -0.1) is 0 Å². The maximum atomic E-state index is 13.0. The standard InChI is InChI=1S/C19H20N2O4/c1-19(14-9-10-15(24-2)16(11-14)25-3)17(22)21(18(23)20-19)12-13-7-5-4-6-8-13/h4-11H,12H2,1-3H3,(H,20,23). The highest BCUT2D eigenvalue weighted by Crippen LogP contribution is 2.35. The van der Waals surface area contributed by atoms with Gasteiger partial charge in [-0.25, -0.2) is 4.79 Å². The molecule has 130 valence electrons. The van der Waals surface area contributed by atoms with Crippen molar-refractivity contribution in [1.82, 2.24) is 10.2 Å². The van der Waals surface area contributed by atoms with E-state index in [-0.39, 0.29) is 12.5 Å². The number of amides is 3. The Labute approximate surface area is 146 Å². The molecule has 0 bridgehead atoms. The summed E-state index contributed by atoms with van der Waals surface area (Å²) in [5.74, 6) is 0.770. The van der Waals surface area contributed by atoms with Gasteiger partial charge in [0.25, 0.3) is 5.91 Å². The summed E-state index contributed by atoms with van der Waals surface area (Å²) >= 11 is 0. The zero-order valence-corrected chi connectivity index (χ0v) is 14.4. The highest BCUT2D eigenvalue weighted by atomic mass is 16.5. The van der Waals surface area contributed by atoms with Gasteiger partial charge in [0, 0.05) is 0 Å². The van der Waals surface area contributed by atoms with E-state index in [1.807, 2.05) is 30.3 Å². The number of benzene rings is 2. The minimum Gasteiger partial charge on any atom is -0.493 e. The third-order valence-electron chi connectivity index (χ3n) is 4.42. The molecule has 6 heteroatoms. The molecular formula is C19H20N2O4. The molecule has 0 aromatic heterocycles. The minimum atomic E-state index is -1.15. The van der Waals surface area contributed by atoms with Crippen LogP contribution in [0.2, 0.25) is 0 Å². The Hall–Kier alpha value is -3.02. The minimum absolute atomic E-state index is 0.231. The normalized spacial score (nSPS) is 19.7. The molecule has 3 rings (SSSR count). The van der Waals surface area contributed by atoms with E-state index < -0.39 is 11.6 Å². The molecule has 2 aromatic carbocycles. The third kappa shape index (κ3) is 2.91. The van der Waals surface area contributed by atoms with Gasteiger partial charge in [-0.2, -0.15) is 0 Å². The Morgan fingerprint density at radius 1 is 1.00 bits per heavy atom. The summed E-state index contributed by atoms with van der Waals surface area (Å²) in [6, 6.07) is 14.2. The zero-order valence-electron chi connectivity index (χ0n) is 14.4. The van der Waals surface area contributed by atoms with Crippen LogP contribution in [0.1, 0.15) is 18.1 Å². The summed E-state index contributed by atoms with van der Waals surface area (Å²) in [7, 11) is 3.07. The predicted octanol–water partition coefficient (Wildman–Crippen LogP) is 2.67. The van der Waals surface area contributed by atoms with E-state index in [4.69, 9.17) is 9.47 Å². The van der Waals surface area contributed by atoms with Crippen LogP contribution in [0.3, 0.4) is 0 Å². The molecule has 1 unspecified atom stereocenters. The first-order chi connectivity index (χ1) is 12.0. The van der Waals surface area contributed by atoms with Crippen molar-refractivity contribution in [3.63, 3.8) is 0 Å². The van der Waals surface area contributed by atoms with Gasteiger partial charge in [0.15, 0.2) is 11.5 Å².